The van der Waals surface area contributed by atoms with Gasteiger partial charge in [-0.1, -0.05) is 6.07 Å². The number of thiophene rings is 1. The van der Waals surface area contributed by atoms with Gasteiger partial charge in [-0.05, 0) is 72.3 Å². The molecule has 0 aliphatic heterocycles. The molecule has 1 aromatic carbocycles. The first-order valence-electron chi connectivity index (χ1n) is 6.49. The van der Waals surface area contributed by atoms with E-state index in [-0.39, 0.29) is 0 Å². The second-order valence-corrected chi connectivity index (χ2v) is 7.50. The Balaban J connectivity index is 2.12. The molecule has 0 bridgehead atoms. The monoisotopic (exact) mass is 309 g/mol. The van der Waals surface area contributed by atoms with Crippen LogP contribution in [0.3, 0.4) is 0 Å². The van der Waals surface area contributed by atoms with Gasteiger partial charge in [-0.15, -0.1) is 0 Å². The number of aryl methyl sites for hydroxylation is 3. The second kappa shape index (κ2) is 6.08. The Morgan fingerprint density at radius 1 is 1.10 bits per heavy atom. The van der Waals surface area contributed by atoms with Gasteiger partial charge in [0.15, 0.2) is 0 Å². The number of hydrogen-bond donors (Lipinski definition) is 1. The van der Waals surface area contributed by atoms with Crippen molar-refractivity contribution in [2.45, 2.75) is 32.1 Å². The molecule has 0 amide bonds. The molecule has 2 rings (SSSR count). The Hall–Kier alpha value is -1.17. The van der Waals surface area contributed by atoms with Gasteiger partial charge in [0.2, 0.25) is 10.0 Å². The van der Waals surface area contributed by atoms with E-state index in [2.05, 4.69) is 4.72 Å². The van der Waals surface area contributed by atoms with Gasteiger partial charge < -0.3 is 0 Å². The zero-order valence-electron chi connectivity index (χ0n) is 11.9. The summed E-state index contributed by atoms with van der Waals surface area (Å²) in [5.41, 5.74) is 4.05. The Labute approximate surface area is 124 Å². The summed E-state index contributed by atoms with van der Waals surface area (Å²) in [6.45, 7) is 6.17. The molecule has 0 spiro atoms. The standard InChI is InChI=1S/C15H19NO2S2/c1-11-8-13(3)15(9-12(11)2)20(17,18)16-6-4-14-5-7-19-10-14/h5,7-10,16H,4,6H2,1-3H3. The lowest BCUT2D eigenvalue weighted by atomic mass is 10.1. The van der Waals surface area contributed by atoms with Crippen molar-refractivity contribution >= 4 is 21.4 Å². The molecule has 1 aromatic heterocycles. The first-order valence-corrected chi connectivity index (χ1v) is 8.91. The van der Waals surface area contributed by atoms with Crippen LogP contribution < -0.4 is 4.72 Å². The zero-order valence-corrected chi connectivity index (χ0v) is 13.6. The molecule has 5 heteroatoms. The van der Waals surface area contributed by atoms with Gasteiger partial charge in [0.1, 0.15) is 0 Å². The average Bonchev–Trinajstić information content (AvgIpc) is 2.86. The van der Waals surface area contributed by atoms with E-state index in [1.807, 2.05) is 43.7 Å². The van der Waals surface area contributed by atoms with Crippen LogP contribution in [0.5, 0.6) is 0 Å². The molecular weight excluding hydrogens is 290 g/mol. The van der Waals surface area contributed by atoms with Crippen LogP contribution in [0, 0.1) is 20.8 Å². The molecule has 0 saturated carbocycles. The minimum absolute atomic E-state index is 0.380. The fourth-order valence-corrected chi connectivity index (χ4v) is 4.11. The molecule has 0 aliphatic carbocycles. The third-order valence-corrected chi connectivity index (χ3v) is 5.70. The third-order valence-electron chi connectivity index (χ3n) is 3.37. The lowest BCUT2D eigenvalue weighted by molar-refractivity contribution is 0.581. The lowest BCUT2D eigenvalue weighted by Gasteiger charge is -2.11. The maximum Gasteiger partial charge on any atom is 0.240 e. The second-order valence-electron chi connectivity index (χ2n) is 4.98. The highest BCUT2D eigenvalue weighted by molar-refractivity contribution is 7.89. The topological polar surface area (TPSA) is 46.2 Å². The molecule has 1 heterocycles. The normalized spacial score (nSPS) is 11.8. The smallest absolute Gasteiger partial charge is 0.211 e. The van der Waals surface area contributed by atoms with E-state index in [1.165, 1.54) is 0 Å². The average molecular weight is 309 g/mol. The van der Waals surface area contributed by atoms with E-state index >= 15 is 0 Å². The Morgan fingerprint density at radius 3 is 2.45 bits per heavy atom. The molecule has 0 aliphatic rings. The van der Waals surface area contributed by atoms with E-state index in [0.29, 0.717) is 17.9 Å². The summed E-state index contributed by atoms with van der Waals surface area (Å²) in [6, 6.07) is 5.68. The van der Waals surface area contributed by atoms with Crippen LogP contribution in [0.2, 0.25) is 0 Å². The SMILES string of the molecule is Cc1cc(C)c(S(=O)(=O)NCCc2ccsc2)cc1C. The summed E-state index contributed by atoms with van der Waals surface area (Å²) in [7, 11) is -3.43. The molecule has 20 heavy (non-hydrogen) atoms. The lowest BCUT2D eigenvalue weighted by Crippen LogP contribution is -2.26. The maximum atomic E-state index is 12.3. The van der Waals surface area contributed by atoms with Crippen molar-refractivity contribution in [3.8, 4) is 0 Å². The molecule has 1 N–H and O–H groups in total. The summed E-state index contributed by atoms with van der Waals surface area (Å²) in [6.07, 6.45) is 0.715. The molecule has 0 fully saturated rings. The third kappa shape index (κ3) is 3.48. The Morgan fingerprint density at radius 2 is 1.80 bits per heavy atom. The fraction of sp³-hybridized carbons (Fsp3) is 0.333. The summed E-state index contributed by atoms with van der Waals surface area (Å²) in [5.74, 6) is 0. The van der Waals surface area contributed by atoms with Crippen molar-refractivity contribution in [1.29, 1.82) is 0 Å². The van der Waals surface area contributed by atoms with Gasteiger partial charge in [-0.2, -0.15) is 11.3 Å². The minimum atomic E-state index is -3.43. The highest BCUT2D eigenvalue weighted by Gasteiger charge is 2.17. The van der Waals surface area contributed by atoms with Crippen LogP contribution in [0.4, 0.5) is 0 Å². The van der Waals surface area contributed by atoms with Crippen LogP contribution in [0.25, 0.3) is 0 Å². The number of hydrogen-bond acceptors (Lipinski definition) is 3. The number of benzene rings is 1. The van der Waals surface area contributed by atoms with Gasteiger partial charge in [0.25, 0.3) is 0 Å². The van der Waals surface area contributed by atoms with Gasteiger partial charge in [0, 0.05) is 6.54 Å². The molecule has 2 aromatic rings. The predicted octanol–water partition coefficient (Wildman–Crippen LogP) is 3.19. The van der Waals surface area contributed by atoms with Gasteiger partial charge in [-0.3, -0.25) is 0 Å². The van der Waals surface area contributed by atoms with E-state index in [9.17, 15) is 8.42 Å². The Kier molecular flexibility index (Phi) is 4.62. The van der Waals surface area contributed by atoms with E-state index in [4.69, 9.17) is 0 Å². The molecule has 0 unspecified atom stereocenters. The van der Waals surface area contributed by atoms with Crippen molar-refractivity contribution < 1.29 is 8.42 Å². The number of rotatable bonds is 5. The quantitative estimate of drug-likeness (QED) is 0.922. The van der Waals surface area contributed by atoms with Gasteiger partial charge in [0.05, 0.1) is 4.90 Å². The van der Waals surface area contributed by atoms with Crippen molar-refractivity contribution in [2.75, 3.05) is 6.54 Å². The van der Waals surface area contributed by atoms with E-state index in [1.54, 1.807) is 17.4 Å². The first-order chi connectivity index (χ1) is 9.40. The number of sulfonamides is 1. The van der Waals surface area contributed by atoms with Crippen molar-refractivity contribution in [3.05, 3.63) is 51.2 Å². The summed E-state index contributed by atoms with van der Waals surface area (Å²) in [5, 5.41) is 4.03. The molecular formula is C15H19NO2S2. The van der Waals surface area contributed by atoms with Gasteiger partial charge >= 0.3 is 0 Å². The molecule has 0 saturated heterocycles. The molecule has 0 radical (unpaired) electrons. The minimum Gasteiger partial charge on any atom is -0.211 e. The maximum absolute atomic E-state index is 12.3. The zero-order chi connectivity index (χ0) is 14.8. The molecule has 108 valence electrons. The van der Waals surface area contributed by atoms with Crippen LogP contribution in [0.1, 0.15) is 22.3 Å². The van der Waals surface area contributed by atoms with Crippen LogP contribution in [-0.2, 0) is 16.4 Å². The van der Waals surface area contributed by atoms with Crippen LogP contribution >= 0.6 is 11.3 Å². The van der Waals surface area contributed by atoms with E-state index in [0.717, 1.165) is 22.3 Å². The van der Waals surface area contributed by atoms with E-state index < -0.39 is 10.0 Å². The van der Waals surface area contributed by atoms with Crippen LogP contribution in [0.15, 0.2) is 33.9 Å². The van der Waals surface area contributed by atoms with Crippen LogP contribution in [-0.4, -0.2) is 15.0 Å². The highest BCUT2D eigenvalue weighted by atomic mass is 32.2. The molecule has 3 nitrogen and oxygen atoms in total. The first kappa shape index (κ1) is 15.2. The van der Waals surface area contributed by atoms with Crippen molar-refractivity contribution in [2.24, 2.45) is 0 Å². The Bertz CT molecular complexity index is 689. The largest absolute Gasteiger partial charge is 0.240 e. The summed E-state index contributed by atoms with van der Waals surface area (Å²) < 4.78 is 27.4. The fourth-order valence-electron chi connectivity index (χ4n) is 2.07. The molecule has 0 atom stereocenters. The van der Waals surface area contributed by atoms with Crippen molar-refractivity contribution in [3.63, 3.8) is 0 Å². The number of nitrogens with one attached hydrogen (secondary N) is 1. The summed E-state index contributed by atoms with van der Waals surface area (Å²) >= 11 is 1.62. The highest BCUT2D eigenvalue weighted by Crippen LogP contribution is 2.19. The van der Waals surface area contributed by atoms with Crippen molar-refractivity contribution in [1.82, 2.24) is 4.72 Å². The van der Waals surface area contributed by atoms with Gasteiger partial charge in [-0.25, -0.2) is 13.1 Å². The summed E-state index contributed by atoms with van der Waals surface area (Å²) in [4.78, 5) is 0.380. The predicted molar refractivity (Wildman–Crippen MR) is 83.9 cm³/mol.